The summed E-state index contributed by atoms with van der Waals surface area (Å²) in [4.78, 5) is -1.19. The van der Waals surface area contributed by atoms with Gasteiger partial charge in [0.15, 0.2) is 0 Å². The predicted octanol–water partition coefficient (Wildman–Crippen LogP) is 1.96. The van der Waals surface area contributed by atoms with E-state index in [2.05, 4.69) is 4.74 Å². The van der Waals surface area contributed by atoms with Gasteiger partial charge in [0.25, 0.3) is 10.1 Å². The maximum atomic E-state index is 12.5. The van der Waals surface area contributed by atoms with Crippen molar-refractivity contribution in [1.29, 1.82) is 0 Å². The van der Waals surface area contributed by atoms with Crippen LogP contribution in [0.5, 0.6) is 5.75 Å². The highest BCUT2D eigenvalue weighted by Crippen LogP contribution is 2.36. The van der Waals surface area contributed by atoms with Crippen LogP contribution in [0, 0.1) is 0 Å². The zero-order valence-electron chi connectivity index (χ0n) is 7.95. The van der Waals surface area contributed by atoms with Gasteiger partial charge in [-0.3, -0.25) is 4.55 Å². The van der Waals surface area contributed by atoms with Crippen LogP contribution in [0.25, 0.3) is 0 Å². The van der Waals surface area contributed by atoms with Crippen molar-refractivity contribution in [3.63, 3.8) is 0 Å². The quantitative estimate of drug-likeness (QED) is 0.821. The number of methoxy groups -OCH3 is 1. The first-order valence-corrected chi connectivity index (χ1v) is 5.33. The third-order valence-corrected chi connectivity index (χ3v) is 2.68. The van der Waals surface area contributed by atoms with E-state index in [4.69, 9.17) is 4.55 Å². The predicted molar refractivity (Wildman–Crippen MR) is 47.8 cm³/mol. The number of benzene rings is 1. The van der Waals surface area contributed by atoms with Crippen molar-refractivity contribution in [3.8, 4) is 5.75 Å². The monoisotopic (exact) mass is 256 g/mol. The summed E-state index contributed by atoms with van der Waals surface area (Å²) in [7, 11) is -3.78. The van der Waals surface area contributed by atoms with E-state index in [0.717, 1.165) is 13.2 Å². The number of hydrogen-bond acceptors (Lipinski definition) is 3. The standard InChI is InChI=1S/C8H7F3O4S/c1-15-5-2-3-7(16(12,13)14)6(4-5)8(9,10)11/h2-4H,1H3,(H,12,13,14). The van der Waals surface area contributed by atoms with Gasteiger partial charge in [0.1, 0.15) is 10.6 Å². The van der Waals surface area contributed by atoms with Crippen LogP contribution >= 0.6 is 0 Å². The topological polar surface area (TPSA) is 63.6 Å². The molecule has 0 heterocycles. The van der Waals surface area contributed by atoms with Crippen LogP contribution in [-0.2, 0) is 16.3 Å². The summed E-state index contributed by atoms with van der Waals surface area (Å²) in [5, 5.41) is 0. The maximum absolute atomic E-state index is 12.5. The molecule has 1 aromatic carbocycles. The fourth-order valence-electron chi connectivity index (χ4n) is 1.08. The first-order chi connectivity index (χ1) is 7.16. The second-order valence-corrected chi connectivity index (χ2v) is 4.22. The second-order valence-electron chi connectivity index (χ2n) is 2.83. The Morgan fingerprint density at radius 2 is 1.88 bits per heavy atom. The Bertz CT molecular complexity index is 492. The van der Waals surface area contributed by atoms with Crippen molar-refractivity contribution in [3.05, 3.63) is 23.8 Å². The second kappa shape index (κ2) is 3.95. The van der Waals surface area contributed by atoms with Crippen LogP contribution in [0.1, 0.15) is 5.56 Å². The molecule has 16 heavy (non-hydrogen) atoms. The van der Waals surface area contributed by atoms with Gasteiger partial charge in [0, 0.05) is 0 Å². The minimum atomic E-state index is -4.92. The minimum absolute atomic E-state index is 0.153. The first-order valence-electron chi connectivity index (χ1n) is 3.89. The Balaban J connectivity index is 3.52. The normalized spacial score (nSPS) is 12.6. The highest BCUT2D eigenvalue weighted by Gasteiger charge is 2.37. The van der Waals surface area contributed by atoms with Gasteiger partial charge in [0.05, 0.1) is 12.7 Å². The summed E-state index contributed by atoms with van der Waals surface area (Å²) in [6.45, 7) is 0. The van der Waals surface area contributed by atoms with Gasteiger partial charge in [0.2, 0.25) is 0 Å². The van der Waals surface area contributed by atoms with E-state index in [-0.39, 0.29) is 5.75 Å². The molecule has 1 aromatic rings. The Morgan fingerprint density at radius 3 is 2.25 bits per heavy atom. The van der Waals surface area contributed by atoms with Gasteiger partial charge < -0.3 is 4.74 Å². The molecule has 0 aliphatic heterocycles. The Kier molecular flexibility index (Phi) is 3.15. The van der Waals surface area contributed by atoms with Crippen molar-refractivity contribution in [2.24, 2.45) is 0 Å². The van der Waals surface area contributed by atoms with Crippen LogP contribution in [0.2, 0.25) is 0 Å². The summed E-state index contributed by atoms with van der Waals surface area (Å²) in [6.07, 6.45) is -4.89. The molecule has 0 amide bonds. The molecule has 4 nitrogen and oxygen atoms in total. The molecule has 0 aliphatic carbocycles. The molecule has 0 radical (unpaired) electrons. The van der Waals surface area contributed by atoms with Gasteiger partial charge >= 0.3 is 6.18 Å². The van der Waals surface area contributed by atoms with Crippen LogP contribution in [-0.4, -0.2) is 20.1 Å². The molecule has 0 spiro atoms. The zero-order chi connectivity index (χ0) is 12.6. The van der Waals surface area contributed by atoms with E-state index in [0.29, 0.717) is 12.1 Å². The Morgan fingerprint density at radius 1 is 1.31 bits per heavy atom. The zero-order valence-corrected chi connectivity index (χ0v) is 8.76. The summed E-state index contributed by atoms with van der Waals surface area (Å²) in [6, 6.07) is 2.15. The van der Waals surface area contributed by atoms with Crippen LogP contribution in [0.3, 0.4) is 0 Å². The van der Waals surface area contributed by atoms with Gasteiger partial charge in [-0.15, -0.1) is 0 Å². The summed E-state index contributed by atoms with van der Waals surface area (Å²) in [5.41, 5.74) is -1.46. The minimum Gasteiger partial charge on any atom is -0.497 e. The van der Waals surface area contributed by atoms with Gasteiger partial charge in [-0.2, -0.15) is 21.6 Å². The smallest absolute Gasteiger partial charge is 0.417 e. The Labute approximate surface area is 89.4 Å². The van der Waals surface area contributed by atoms with Crippen molar-refractivity contribution >= 4 is 10.1 Å². The van der Waals surface area contributed by atoms with Crippen molar-refractivity contribution in [2.45, 2.75) is 11.1 Å². The highest BCUT2D eigenvalue weighted by atomic mass is 32.2. The molecule has 8 heteroatoms. The average molecular weight is 256 g/mol. The van der Waals surface area contributed by atoms with Crippen molar-refractivity contribution < 1.29 is 30.9 Å². The van der Waals surface area contributed by atoms with E-state index in [1.807, 2.05) is 0 Å². The largest absolute Gasteiger partial charge is 0.497 e. The lowest BCUT2D eigenvalue weighted by molar-refractivity contribution is -0.140. The maximum Gasteiger partial charge on any atom is 0.417 e. The third-order valence-electron chi connectivity index (χ3n) is 1.77. The number of alkyl halides is 3. The van der Waals surface area contributed by atoms with Crippen LogP contribution in [0.15, 0.2) is 23.1 Å². The van der Waals surface area contributed by atoms with Crippen LogP contribution < -0.4 is 4.74 Å². The number of rotatable bonds is 2. The fourth-order valence-corrected chi connectivity index (χ4v) is 1.78. The summed E-state index contributed by atoms with van der Waals surface area (Å²) in [5.74, 6) is -0.153. The molecule has 90 valence electrons. The van der Waals surface area contributed by atoms with Gasteiger partial charge in [-0.25, -0.2) is 0 Å². The lowest BCUT2D eigenvalue weighted by Gasteiger charge is -2.12. The molecular formula is C8H7F3O4S. The molecule has 1 rings (SSSR count). The Hall–Kier alpha value is -1.28. The summed E-state index contributed by atoms with van der Waals surface area (Å²) < 4.78 is 72.0. The molecule has 0 saturated heterocycles. The summed E-state index contributed by atoms with van der Waals surface area (Å²) >= 11 is 0. The van der Waals surface area contributed by atoms with Crippen LogP contribution in [0.4, 0.5) is 13.2 Å². The molecule has 0 unspecified atom stereocenters. The molecule has 0 atom stereocenters. The average Bonchev–Trinajstić information content (AvgIpc) is 2.14. The molecule has 0 aromatic heterocycles. The number of halogens is 3. The number of ether oxygens (including phenoxy) is 1. The molecule has 0 bridgehead atoms. The van der Waals surface area contributed by atoms with Crippen molar-refractivity contribution in [1.82, 2.24) is 0 Å². The van der Waals surface area contributed by atoms with E-state index in [1.54, 1.807) is 0 Å². The number of hydrogen-bond donors (Lipinski definition) is 1. The third kappa shape index (κ3) is 2.64. The van der Waals surface area contributed by atoms with E-state index >= 15 is 0 Å². The molecule has 0 aliphatic rings. The highest BCUT2D eigenvalue weighted by molar-refractivity contribution is 7.85. The lowest BCUT2D eigenvalue weighted by atomic mass is 10.2. The van der Waals surface area contributed by atoms with E-state index in [1.165, 1.54) is 0 Å². The van der Waals surface area contributed by atoms with E-state index < -0.39 is 26.8 Å². The molecule has 0 saturated carbocycles. The van der Waals surface area contributed by atoms with Gasteiger partial charge in [-0.05, 0) is 18.2 Å². The first kappa shape index (κ1) is 12.8. The van der Waals surface area contributed by atoms with Gasteiger partial charge in [-0.1, -0.05) is 0 Å². The molecule has 0 fully saturated rings. The SMILES string of the molecule is COc1ccc(S(=O)(=O)O)c(C(F)(F)F)c1. The fraction of sp³-hybridized carbons (Fsp3) is 0.250. The van der Waals surface area contributed by atoms with E-state index in [9.17, 15) is 21.6 Å². The lowest BCUT2D eigenvalue weighted by Crippen LogP contribution is -2.12. The van der Waals surface area contributed by atoms with Crippen molar-refractivity contribution in [2.75, 3.05) is 7.11 Å². The molecular weight excluding hydrogens is 249 g/mol. The molecule has 1 N–H and O–H groups in total.